The second-order valence-corrected chi connectivity index (χ2v) is 13.2. The third kappa shape index (κ3) is 8.39. The van der Waals surface area contributed by atoms with Crippen LogP contribution in [0.2, 0.25) is 20.1 Å². The number of rotatable bonds is 10. The lowest BCUT2D eigenvalue weighted by atomic mass is 10.2. The third-order valence-electron chi connectivity index (χ3n) is 4.91. The number of halogens is 4. The monoisotopic (exact) mass is 623 g/mol. The molecule has 3 aromatic rings. The van der Waals surface area contributed by atoms with E-state index in [4.69, 9.17) is 46.4 Å². The molecule has 8 nitrogen and oxygen atoms in total. The van der Waals surface area contributed by atoms with Crippen molar-refractivity contribution >= 4 is 89.4 Å². The molecule has 0 bridgehead atoms. The van der Waals surface area contributed by atoms with Crippen LogP contribution in [0.15, 0.2) is 65.6 Å². The molecule has 3 rings (SSSR count). The molecular weight excluding hydrogens is 604 g/mol. The Kier molecular flexibility index (Phi) is 9.60. The Bertz CT molecular complexity index is 1500. The predicted molar refractivity (Wildman–Crippen MR) is 150 cm³/mol. The van der Waals surface area contributed by atoms with Crippen LogP contribution in [0.4, 0.5) is 17.1 Å². The maximum Gasteiger partial charge on any atom is 0.261 e. The minimum Gasteiger partial charge on any atom is -0.326 e. The highest BCUT2D eigenvalue weighted by Crippen LogP contribution is 2.31. The Morgan fingerprint density at radius 3 is 2.03 bits per heavy atom. The molecule has 0 spiro atoms. The molecule has 0 radical (unpaired) electrons. The zero-order valence-electron chi connectivity index (χ0n) is 19.2. The summed E-state index contributed by atoms with van der Waals surface area (Å²) in [6.07, 6.45) is 1.23. The van der Waals surface area contributed by atoms with Gasteiger partial charge in [0.25, 0.3) is 10.0 Å². The van der Waals surface area contributed by atoms with E-state index in [1.165, 1.54) is 54.6 Å². The van der Waals surface area contributed by atoms with E-state index >= 15 is 0 Å². The summed E-state index contributed by atoms with van der Waals surface area (Å²) in [4.78, 5) is 12.4. The summed E-state index contributed by atoms with van der Waals surface area (Å²) in [6.45, 7) is 0.00266. The van der Waals surface area contributed by atoms with Gasteiger partial charge in [-0.15, -0.1) is 0 Å². The molecule has 0 aliphatic carbocycles. The van der Waals surface area contributed by atoms with Gasteiger partial charge < -0.3 is 5.32 Å². The van der Waals surface area contributed by atoms with Gasteiger partial charge in [0, 0.05) is 33.7 Å². The predicted octanol–water partition coefficient (Wildman–Crippen LogP) is 6.29. The fourth-order valence-electron chi connectivity index (χ4n) is 3.29. The molecule has 198 valence electrons. The molecule has 0 fully saturated rings. The van der Waals surface area contributed by atoms with Crippen molar-refractivity contribution in [3.05, 3.63) is 80.8 Å². The van der Waals surface area contributed by atoms with E-state index in [1.807, 2.05) is 0 Å². The van der Waals surface area contributed by atoms with E-state index in [2.05, 4.69) is 10.0 Å². The summed E-state index contributed by atoms with van der Waals surface area (Å²) < 4.78 is 53.3. The van der Waals surface area contributed by atoms with E-state index in [-0.39, 0.29) is 56.6 Å². The van der Waals surface area contributed by atoms with E-state index < -0.39 is 20.0 Å². The van der Waals surface area contributed by atoms with Crippen molar-refractivity contribution in [1.82, 2.24) is 0 Å². The van der Waals surface area contributed by atoms with Crippen molar-refractivity contribution in [1.29, 1.82) is 0 Å². The van der Waals surface area contributed by atoms with Crippen LogP contribution in [0.3, 0.4) is 0 Å². The number of anilines is 3. The first-order valence-electron chi connectivity index (χ1n) is 10.6. The van der Waals surface area contributed by atoms with Gasteiger partial charge in [0.05, 0.1) is 27.5 Å². The van der Waals surface area contributed by atoms with Gasteiger partial charge >= 0.3 is 0 Å². The van der Waals surface area contributed by atoms with Crippen molar-refractivity contribution in [2.45, 2.75) is 17.7 Å². The van der Waals surface area contributed by atoms with Crippen molar-refractivity contribution in [2.24, 2.45) is 0 Å². The lowest BCUT2D eigenvalue weighted by Crippen LogP contribution is -2.31. The fourth-order valence-corrected chi connectivity index (χ4v) is 6.26. The van der Waals surface area contributed by atoms with E-state index in [1.54, 1.807) is 6.07 Å². The number of nitrogens with one attached hydrogen (secondary N) is 2. The molecule has 0 saturated heterocycles. The summed E-state index contributed by atoms with van der Waals surface area (Å²) in [7, 11) is -7.60. The first-order chi connectivity index (χ1) is 17.2. The number of hydrogen-bond donors (Lipinski definition) is 2. The highest BCUT2D eigenvalue weighted by atomic mass is 35.5. The van der Waals surface area contributed by atoms with E-state index in [9.17, 15) is 21.6 Å². The smallest absolute Gasteiger partial charge is 0.261 e. The highest BCUT2D eigenvalue weighted by molar-refractivity contribution is 7.92. The van der Waals surface area contributed by atoms with Crippen LogP contribution in [0.25, 0.3) is 0 Å². The average molecular weight is 625 g/mol. The van der Waals surface area contributed by atoms with Crippen LogP contribution in [-0.2, 0) is 24.8 Å². The van der Waals surface area contributed by atoms with Crippen LogP contribution in [0.1, 0.15) is 12.8 Å². The van der Waals surface area contributed by atoms with Crippen LogP contribution in [-0.4, -0.2) is 35.5 Å². The van der Waals surface area contributed by atoms with Crippen molar-refractivity contribution in [2.75, 3.05) is 27.1 Å². The van der Waals surface area contributed by atoms with Gasteiger partial charge in [0.1, 0.15) is 0 Å². The SMILES string of the molecule is CS(=O)(=O)N(CCCC(=O)Nc1ccc(S(=O)(=O)Nc2cc(Cl)cc(Cl)c2)cc1)c1cc(Cl)ccc1Cl. The normalized spacial score (nSPS) is 11.7. The van der Waals surface area contributed by atoms with Crippen LogP contribution < -0.4 is 14.3 Å². The zero-order chi connectivity index (χ0) is 27.4. The van der Waals surface area contributed by atoms with Gasteiger partial charge in [-0.2, -0.15) is 0 Å². The van der Waals surface area contributed by atoms with Crippen LogP contribution in [0.5, 0.6) is 0 Å². The molecule has 0 heterocycles. The average Bonchev–Trinajstić information content (AvgIpc) is 2.77. The summed E-state index contributed by atoms with van der Waals surface area (Å²) in [5.74, 6) is -0.382. The largest absolute Gasteiger partial charge is 0.326 e. The molecule has 0 saturated carbocycles. The second kappa shape index (κ2) is 12.1. The molecule has 0 aliphatic heterocycles. The van der Waals surface area contributed by atoms with Crippen molar-refractivity contribution < 1.29 is 21.6 Å². The Hall–Kier alpha value is -2.21. The first kappa shape index (κ1) is 29.3. The molecule has 0 aliphatic rings. The minimum atomic E-state index is -3.93. The quantitative estimate of drug-likeness (QED) is 0.275. The number of benzene rings is 3. The molecule has 1 amide bonds. The number of nitrogens with zero attached hydrogens (tertiary/aromatic N) is 1. The first-order valence-corrected chi connectivity index (χ1v) is 15.4. The molecule has 0 unspecified atom stereocenters. The summed E-state index contributed by atoms with van der Waals surface area (Å²) in [5.41, 5.74) is 0.798. The van der Waals surface area contributed by atoms with Gasteiger partial charge in [0.15, 0.2) is 0 Å². The number of hydrogen-bond acceptors (Lipinski definition) is 5. The van der Waals surface area contributed by atoms with Gasteiger partial charge in [0.2, 0.25) is 15.9 Å². The maximum atomic E-state index is 12.6. The highest BCUT2D eigenvalue weighted by Gasteiger charge is 2.21. The van der Waals surface area contributed by atoms with E-state index in [0.717, 1.165) is 10.6 Å². The van der Waals surface area contributed by atoms with Gasteiger partial charge in [-0.3, -0.25) is 13.8 Å². The number of amides is 1. The Morgan fingerprint density at radius 2 is 1.43 bits per heavy atom. The summed E-state index contributed by atoms with van der Waals surface area (Å²) in [6, 6.07) is 14.3. The summed E-state index contributed by atoms with van der Waals surface area (Å²) >= 11 is 24.0. The molecule has 0 atom stereocenters. The fraction of sp³-hybridized carbons (Fsp3) is 0.174. The maximum absolute atomic E-state index is 12.6. The van der Waals surface area contributed by atoms with Crippen molar-refractivity contribution in [3.8, 4) is 0 Å². The molecule has 3 aromatic carbocycles. The molecular formula is C23H21Cl4N3O5S2. The van der Waals surface area contributed by atoms with Gasteiger partial charge in [-0.05, 0) is 67.1 Å². The number of carbonyl (C=O) groups excluding carboxylic acids is 1. The number of carbonyl (C=O) groups is 1. The second-order valence-electron chi connectivity index (χ2n) is 7.87. The van der Waals surface area contributed by atoms with Crippen molar-refractivity contribution in [3.63, 3.8) is 0 Å². The topological polar surface area (TPSA) is 113 Å². The summed E-state index contributed by atoms with van der Waals surface area (Å²) in [5, 5.41) is 3.74. The lowest BCUT2D eigenvalue weighted by Gasteiger charge is -2.23. The molecule has 37 heavy (non-hydrogen) atoms. The standard InChI is InChI=1S/C23H21Cl4N3O5S2/c1-36(32,33)30(22-14-15(24)4-9-21(22)27)10-2-3-23(31)28-18-5-7-20(8-6-18)37(34,35)29-19-12-16(25)11-17(26)13-19/h4-9,11-14,29H,2-3,10H2,1H3,(H,28,31). The van der Waals surface area contributed by atoms with E-state index in [0.29, 0.717) is 10.7 Å². The Balaban J connectivity index is 1.60. The zero-order valence-corrected chi connectivity index (χ0v) is 23.9. The Labute approximate surface area is 235 Å². The van der Waals surface area contributed by atoms with Gasteiger partial charge in [-0.1, -0.05) is 46.4 Å². The molecule has 2 N–H and O–H groups in total. The Morgan fingerprint density at radius 1 is 0.811 bits per heavy atom. The van der Waals surface area contributed by atoms with Gasteiger partial charge in [-0.25, -0.2) is 16.8 Å². The third-order valence-corrected chi connectivity index (χ3v) is 8.47. The van der Waals surface area contributed by atoms with Crippen LogP contribution >= 0.6 is 46.4 Å². The minimum absolute atomic E-state index is 0.00133. The lowest BCUT2D eigenvalue weighted by molar-refractivity contribution is -0.116. The molecule has 0 aromatic heterocycles. The van der Waals surface area contributed by atoms with Crippen LogP contribution in [0, 0.1) is 0 Å². The number of sulfonamides is 2. The molecule has 14 heteroatoms.